The van der Waals surface area contributed by atoms with Crippen LogP contribution < -0.4 is 10.6 Å². The maximum Gasteiger partial charge on any atom is 0.407 e. The number of carbonyl (C=O) groups is 4. The van der Waals surface area contributed by atoms with Crippen molar-refractivity contribution in [1.82, 2.24) is 30.4 Å². The standard InChI is InChI=1S/C47H58ClN7O8/c1-27-21-37(54(25-27)44(56)40(51-46(58)60-3)33-13-17-62-18-14-33)36-23-35(24-49-36)31-7-5-29(6-8-31)30-9-11-32(12-10-30)39-42(48)53-43(50-39)38-22-28(2)26-55(38)45(57)41(52-47(59)61-4)34-15-19-63-20-16-34/h5-12,24,27-28,33-34,37-38,40-41H,13-23,25-26H2,1-4H3,(H,50,53)(H,51,58)(H,52,59)/t27-,28-,37-,38-,40-,41-/m0/s1. The van der Waals surface area contributed by atoms with Crippen molar-refractivity contribution in [3.05, 3.63) is 71.3 Å². The molecule has 0 saturated carbocycles. The Bertz CT molecular complexity index is 2200. The van der Waals surface area contributed by atoms with Gasteiger partial charge in [-0.3, -0.25) is 14.6 Å². The summed E-state index contributed by atoms with van der Waals surface area (Å²) in [6, 6.07) is 14.6. The van der Waals surface area contributed by atoms with Crippen LogP contribution in [0.25, 0.3) is 28.0 Å². The number of hydrogen-bond donors (Lipinski definition) is 3. The number of hydrogen-bond acceptors (Lipinski definition) is 10. The zero-order valence-corrected chi connectivity index (χ0v) is 37.2. The highest BCUT2D eigenvalue weighted by molar-refractivity contribution is 6.32. The number of nitrogens with zero attached hydrogens (tertiary/aromatic N) is 4. The summed E-state index contributed by atoms with van der Waals surface area (Å²) in [5.74, 6) is 0.800. The number of allylic oxidation sites excluding steroid dienone is 1. The maximum absolute atomic E-state index is 14.2. The summed E-state index contributed by atoms with van der Waals surface area (Å²) < 4.78 is 20.9. The monoisotopic (exact) mass is 883 g/mol. The Morgan fingerprint density at radius 2 is 1.17 bits per heavy atom. The van der Waals surface area contributed by atoms with Gasteiger partial charge in [0.15, 0.2) is 0 Å². The topological polar surface area (TPSA) is 177 Å². The molecule has 4 fully saturated rings. The first kappa shape index (κ1) is 44.4. The molecule has 0 spiro atoms. The van der Waals surface area contributed by atoms with E-state index >= 15 is 0 Å². The van der Waals surface area contributed by atoms with Gasteiger partial charge in [0.25, 0.3) is 0 Å². The number of ether oxygens (including phenoxy) is 4. The number of H-pyrrole nitrogens is 1. The molecule has 0 bridgehead atoms. The number of aromatic nitrogens is 2. The highest BCUT2D eigenvalue weighted by Gasteiger charge is 2.44. The fourth-order valence-electron chi connectivity index (χ4n) is 9.99. The van der Waals surface area contributed by atoms with Crippen LogP contribution in [0.3, 0.4) is 0 Å². The number of rotatable bonds is 11. The molecule has 8 rings (SSSR count). The molecule has 3 aromatic rings. The van der Waals surface area contributed by atoms with E-state index in [1.807, 2.05) is 40.3 Å². The molecule has 6 heterocycles. The average molecular weight is 884 g/mol. The van der Waals surface area contributed by atoms with Crippen molar-refractivity contribution in [2.24, 2.45) is 28.7 Å². The van der Waals surface area contributed by atoms with Gasteiger partial charge in [0.2, 0.25) is 11.8 Å². The quantitative estimate of drug-likeness (QED) is 0.183. The summed E-state index contributed by atoms with van der Waals surface area (Å²) in [6.07, 6.45) is 5.57. The minimum absolute atomic E-state index is 0.0248. The number of carbonyl (C=O) groups excluding carboxylic acids is 4. The van der Waals surface area contributed by atoms with E-state index in [1.54, 1.807) is 0 Å². The van der Waals surface area contributed by atoms with E-state index < -0.39 is 24.3 Å². The van der Waals surface area contributed by atoms with E-state index in [0.717, 1.165) is 40.0 Å². The van der Waals surface area contributed by atoms with E-state index in [4.69, 9.17) is 40.5 Å². The van der Waals surface area contributed by atoms with Gasteiger partial charge in [-0.1, -0.05) is 74.0 Å². The molecule has 15 nitrogen and oxygen atoms in total. The molecule has 4 saturated heterocycles. The zero-order valence-electron chi connectivity index (χ0n) is 36.4. The molecular formula is C47H58ClN7O8. The Hall–Kier alpha value is -5.25. The smallest absolute Gasteiger partial charge is 0.407 e. The molecule has 5 aliphatic heterocycles. The highest BCUT2D eigenvalue weighted by atomic mass is 35.5. The van der Waals surface area contributed by atoms with Crippen molar-refractivity contribution >= 4 is 46.9 Å². The Balaban J connectivity index is 0.917. The van der Waals surface area contributed by atoms with Gasteiger partial charge in [-0.15, -0.1) is 0 Å². The lowest BCUT2D eigenvalue weighted by Crippen LogP contribution is -2.55. The molecule has 1 aromatic heterocycles. The molecule has 2 aromatic carbocycles. The van der Waals surface area contributed by atoms with Crippen molar-refractivity contribution in [2.45, 2.75) is 83.0 Å². The van der Waals surface area contributed by atoms with Gasteiger partial charge in [0.05, 0.1) is 26.3 Å². The Morgan fingerprint density at radius 1 is 0.714 bits per heavy atom. The molecule has 0 aliphatic carbocycles. The summed E-state index contributed by atoms with van der Waals surface area (Å²) in [5, 5.41) is 6.05. The van der Waals surface area contributed by atoms with Crippen molar-refractivity contribution in [1.29, 1.82) is 0 Å². The third-order valence-corrected chi connectivity index (χ3v) is 13.7. The second kappa shape index (κ2) is 19.6. The number of benzene rings is 2. The van der Waals surface area contributed by atoms with Crippen molar-refractivity contribution < 1.29 is 38.1 Å². The van der Waals surface area contributed by atoms with Gasteiger partial charge in [-0.25, -0.2) is 14.6 Å². The predicted molar refractivity (Wildman–Crippen MR) is 238 cm³/mol. The van der Waals surface area contributed by atoms with Crippen LogP contribution in [0.15, 0.2) is 59.7 Å². The summed E-state index contributed by atoms with van der Waals surface area (Å²) in [5.41, 5.74) is 6.64. The molecule has 0 radical (unpaired) electrons. The fourth-order valence-corrected chi connectivity index (χ4v) is 10.2. The average Bonchev–Trinajstić information content (AvgIpc) is 4.13. The number of aliphatic imine (C=N–C) groups is 1. The molecule has 16 heteroatoms. The third-order valence-electron chi connectivity index (χ3n) is 13.4. The van der Waals surface area contributed by atoms with Gasteiger partial charge < -0.3 is 44.4 Å². The van der Waals surface area contributed by atoms with Crippen LogP contribution >= 0.6 is 11.6 Å². The first-order valence-electron chi connectivity index (χ1n) is 22.2. The van der Waals surface area contributed by atoms with E-state index in [1.165, 1.54) is 14.2 Å². The van der Waals surface area contributed by atoms with Crippen LogP contribution in [0.1, 0.15) is 76.2 Å². The summed E-state index contributed by atoms with van der Waals surface area (Å²) in [4.78, 5) is 69.9. The van der Waals surface area contributed by atoms with E-state index in [-0.39, 0.29) is 41.7 Å². The Kier molecular flexibility index (Phi) is 13.8. The number of nitrogens with one attached hydrogen (secondary N) is 3. The van der Waals surface area contributed by atoms with Crippen LogP contribution in [-0.2, 0) is 28.5 Å². The molecule has 0 unspecified atom stereocenters. The lowest BCUT2D eigenvalue weighted by molar-refractivity contribution is -0.137. The normalized spacial score (nSPS) is 24.1. The highest BCUT2D eigenvalue weighted by Crippen LogP contribution is 2.39. The Morgan fingerprint density at radius 3 is 1.68 bits per heavy atom. The lowest BCUT2D eigenvalue weighted by atomic mass is 9.90. The molecule has 6 atom stereocenters. The van der Waals surface area contributed by atoms with Gasteiger partial charge in [0.1, 0.15) is 28.8 Å². The number of aromatic amines is 1. The van der Waals surface area contributed by atoms with E-state index in [2.05, 4.69) is 53.7 Å². The van der Waals surface area contributed by atoms with Crippen LogP contribution in [-0.4, -0.2) is 121 Å². The predicted octanol–water partition coefficient (Wildman–Crippen LogP) is 7.03. The number of halogens is 1. The Labute approximate surface area is 373 Å². The second-order valence-corrected chi connectivity index (χ2v) is 18.1. The third kappa shape index (κ3) is 9.80. The van der Waals surface area contributed by atoms with Gasteiger partial charge in [0, 0.05) is 63.4 Å². The van der Waals surface area contributed by atoms with Gasteiger partial charge in [-0.05, 0) is 84.5 Å². The molecule has 63 heavy (non-hydrogen) atoms. The summed E-state index contributed by atoms with van der Waals surface area (Å²) in [6.45, 7) is 7.60. The summed E-state index contributed by atoms with van der Waals surface area (Å²) in [7, 11) is 2.61. The van der Waals surface area contributed by atoms with Gasteiger partial charge in [-0.2, -0.15) is 0 Å². The number of imidazole rings is 1. The van der Waals surface area contributed by atoms with Crippen molar-refractivity contribution in [3.8, 4) is 22.4 Å². The van der Waals surface area contributed by atoms with Crippen LogP contribution in [0, 0.1) is 23.7 Å². The summed E-state index contributed by atoms with van der Waals surface area (Å²) >= 11 is 6.81. The molecule has 3 N–H and O–H groups in total. The number of amides is 4. The number of likely N-dealkylation sites (tertiary alicyclic amines) is 2. The molecule has 5 aliphatic rings. The molecule has 4 amide bonds. The van der Waals surface area contributed by atoms with E-state index in [9.17, 15) is 19.2 Å². The minimum Gasteiger partial charge on any atom is -0.453 e. The van der Waals surface area contributed by atoms with Crippen LogP contribution in [0.4, 0.5) is 9.59 Å². The maximum atomic E-state index is 14.2. The largest absolute Gasteiger partial charge is 0.453 e. The van der Waals surface area contributed by atoms with Crippen LogP contribution in [0.5, 0.6) is 0 Å². The van der Waals surface area contributed by atoms with Crippen molar-refractivity contribution in [2.75, 3.05) is 53.7 Å². The molecular weight excluding hydrogens is 826 g/mol. The lowest BCUT2D eigenvalue weighted by Gasteiger charge is -2.34. The number of methoxy groups -OCH3 is 2. The van der Waals surface area contributed by atoms with Gasteiger partial charge >= 0.3 is 12.2 Å². The van der Waals surface area contributed by atoms with Crippen LogP contribution in [0.2, 0.25) is 5.15 Å². The minimum atomic E-state index is -0.731. The number of alkyl carbamates (subject to hydrolysis) is 2. The van der Waals surface area contributed by atoms with E-state index in [0.29, 0.717) is 101 Å². The fraction of sp³-hybridized carbons (Fsp3) is 0.532. The van der Waals surface area contributed by atoms with Crippen molar-refractivity contribution in [3.63, 3.8) is 0 Å². The first-order valence-corrected chi connectivity index (χ1v) is 22.6. The molecule has 336 valence electrons. The SMILES string of the molecule is COC(=O)N[C@H](C(=O)N1C[C@@H](C)C[C@H]1C1=NC=C(c2ccc(-c3ccc(-c4nc([C@@H]5C[C@H](C)CN5C(=O)[C@@H](NC(=O)OC)C5CCOCC5)[nH]c4Cl)cc3)cc2)C1)C1CCOCC1. The second-order valence-electron chi connectivity index (χ2n) is 17.7. The first-order chi connectivity index (χ1) is 30.5. The zero-order chi connectivity index (χ0) is 44.2.